The fourth-order valence-corrected chi connectivity index (χ4v) is 2.98. The Bertz CT molecular complexity index is 1040. The van der Waals surface area contributed by atoms with Crippen molar-refractivity contribution in [2.45, 2.75) is 23.5 Å². The van der Waals surface area contributed by atoms with Crippen molar-refractivity contribution in [2.24, 2.45) is 0 Å². The molecule has 12 heteroatoms. The quantitative estimate of drug-likeness (QED) is 0.427. The minimum atomic E-state index is -4.54. The summed E-state index contributed by atoms with van der Waals surface area (Å²) in [7, 11) is 0. The van der Waals surface area contributed by atoms with Crippen molar-refractivity contribution in [3.63, 3.8) is 0 Å². The van der Waals surface area contributed by atoms with Crippen LogP contribution in [0.25, 0.3) is 5.82 Å². The second-order valence-electron chi connectivity index (χ2n) is 6.01. The van der Waals surface area contributed by atoms with Gasteiger partial charge in [0.2, 0.25) is 0 Å². The minimum Gasteiger partial charge on any atom is -0.306 e. The van der Waals surface area contributed by atoms with Crippen LogP contribution in [0.1, 0.15) is 21.6 Å². The molecule has 1 N–H and O–H groups in total. The number of thioether (sulfide) groups is 1. The lowest BCUT2D eigenvalue weighted by Crippen LogP contribution is -2.16. The number of anilines is 1. The van der Waals surface area contributed by atoms with E-state index in [4.69, 9.17) is 0 Å². The standard InChI is InChI=1S/C18H12F6N4OS/c1-10-8-15(28(27-10)14-7-4-12(9-25-14)17(19,20)21)26-16(29)11-2-5-13(6-3-11)30-18(22,23)24/h2-9H,1H3,(H,26,29). The van der Waals surface area contributed by atoms with Gasteiger partial charge < -0.3 is 5.32 Å². The highest BCUT2D eigenvalue weighted by atomic mass is 32.2. The zero-order valence-corrected chi connectivity index (χ0v) is 15.9. The molecule has 1 amide bonds. The molecule has 0 aliphatic carbocycles. The van der Waals surface area contributed by atoms with Crippen LogP contribution in [0, 0.1) is 6.92 Å². The summed E-state index contributed by atoms with van der Waals surface area (Å²) in [6.07, 6.45) is -3.89. The highest BCUT2D eigenvalue weighted by Crippen LogP contribution is 2.36. The molecule has 5 nitrogen and oxygen atoms in total. The number of nitrogens with zero attached hydrogens (tertiary/aromatic N) is 3. The molecule has 0 aliphatic heterocycles. The first-order valence-electron chi connectivity index (χ1n) is 8.20. The van der Waals surface area contributed by atoms with Gasteiger partial charge >= 0.3 is 11.7 Å². The number of hydrogen-bond acceptors (Lipinski definition) is 4. The number of benzene rings is 1. The summed E-state index contributed by atoms with van der Waals surface area (Å²) in [5.74, 6) is -0.451. The molecule has 0 aliphatic rings. The monoisotopic (exact) mass is 446 g/mol. The summed E-state index contributed by atoms with van der Waals surface area (Å²) < 4.78 is 76.4. The second kappa shape index (κ2) is 8.01. The second-order valence-corrected chi connectivity index (χ2v) is 7.15. The van der Waals surface area contributed by atoms with E-state index < -0.39 is 23.2 Å². The highest BCUT2D eigenvalue weighted by molar-refractivity contribution is 8.00. The molecule has 0 spiro atoms. The molecule has 3 aromatic rings. The molecule has 3 rings (SSSR count). The molecule has 158 valence electrons. The number of pyridine rings is 1. The molecule has 1 aromatic carbocycles. The average molecular weight is 446 g/mol. The van der Waals surface area contributed by atoms with Gasteiger partial charge in [0.25, 0.3) is 5.91 Å². The first-order valence-corrected chi connectivity index (χ1v) is 9.01. The van der Waals surface area contributed by atoms with Crippen molar-refractivity contribution in [3.05, 3.63) is 65.5 Å². The highest BCUT2D eigenvalue weighted by Gasteiger charge is 2.31. The number of rotatable bonds is 4. The van der Waals surface area contributed by atoms with Crippen LogP contribution in [0.4, 0.5) is 32.2 Å². The van der Waals surface area contributed by atoms with Gasteiger partial charge in [-0.1, -0.05) is 0 Å². The summed E-state index contributed by atoms with van der Waals surface area (Å²) in [5.41, 5.74) is -4.82. The summed E-state index contributed by atoms with van der Waals surface area (Å²) >= 11 is -0.303. The van der Waals surface area contributed by atoms with Crippen LogP contribution in [-0.4, -0.2) is 26.2 Å². The molecule has 0 unspecified atom stereocenters. The molecule has 0 atom stereocenters. The summed E-state index contributed by atoms with van der Waals surface area (Å²) in [5, 5.41) is 6.63. The smallest absolute Gasteiger partial charge is 0.306 e. The van der Waals surface area contributed by atoms with Crippen LogP contribution in [0.15, 0.2) is 53.6 Å². The summed E-state index contributed by atoms with van der Waals surface area (Å²) in [6, 6.07) is 8.20. The Labute approximate surface area is 170 Å². The maximum Gasteiger partial charge on any atom is 0.446 e. The molecule has 0 fully saturated rings. The lowest BCUT2D eigenvalue weighted by molar-refractivity contribution is -0.137. The van der Waals surface area contributed by atoms with Gasteiger partial charge in [-0.25, -0.2) is 4.98 Å². The Hall–Kier alpha value is -3.02. The van der Waals surface area contributed by atoms with Crippen LogP contribution >= 0.6 is 11.8 Å². The Balaban J connectivity index is 1.80. The van der Waals surface area contributed by atoms with Crippen LogP contribution < -0.4 is 5.32 Å². The van der Waals surface area contributed by atoms with E-state index in [2.05, 4.69) is 15.4 Å². The Kier molecular flexibility index (Phi) is 5.79. The predicted octanol–water partition coefficient (Wildman–Crippen LogP) is 5.46. The van der Waals surface area contributed by atoms with Gasteiger partial charge in [-0.15, -0.1) is 0 Å². The maximum absolute atomic E-state index is 12.7. The molecule has 30 heavy (non-hydrogen) atoms. The van der Waals surface area contributed by atoms with Crippen LogP contribution in [0.2, 0.25) is 0 Å². The molecule has 0 saturated heterocycles. The normalized spacial score (nSPS) is 12.1. The van der Waals surface area contributed by atoms with E-state index in [0.717, 1.165) is 28.9 Å². The van der Waals surface area contributed by atoms with Crippen LogP contribution in [0.3, 0.4) is 0 Å². The van der Waals surface area contributed by atoms with Gasteiger partial charge in [-0.2, -0.15) is 36.1 Å². The topological polar surface area (TPSA) is 59.8 Å². The molecule has 2 aromatic heterocycles. The fourth-order valence-electron chi connectivity index (χ4n) is 2.44. The Morgan fingerprint density at radius 1 is 1.03 bits per heavy atom. The van der Waals surface area contributed by atoms with E-state index in [9.17, 15) is 31.1 Å². The first-order chi connectivity index (χ1) is 13.9. The number of aromatic nitrogens is 3. The van der Waals surface area contributed by atoms with E-state index in [1.165, 1.54) is 18.2 Å². The molecular weight excluding hydrogens is 434 g/mol. The van der Waals surface area contributed by atoms with Gasteiger partial charge in [-0.05, 0) is 55.1 Å². The molecule has 2 heterocycles. The average Bonchev–Trinajstić information content (AvgIpc) is 3.00. The van der Waals surface area contributed by atoms with Gasteiger partial charge in [0.15, 0.2) is 5.82 Å². The Morgan fingerprint density at radius 2 is 1.70 bits per heavy atom. The van der Waals surface area contributed by atoms with Crippen molar-refractivity contribution in [1.29, 1.82) is 0 Å². The SMILES string of the molecule is Cc1cc(NC(=O)c2ccc(SC(F)(F)F)cc2)n(-c2ccc(C(F)(F)F)cn2)n1. The lowest BCUT2D eigenvalue weighted by atomic mass is 10.2. The number of halogens is 6. The number of aryl methyl sites for hydroxylation is 1. The molecule has 0 bridgehead atoms. The summed E-state index contributed by atoms with van der Waals surface area (Å²) in [4.78, 5) is 16.1. The molecule has 0 radical (unpaired) electrons. The van der Waals surface area contributed by atoms with Gasteiger partial charge in [0.05, 0.1) is 11.3 Å². The molecular formula is C18H12F6N4OS. The third-order valence-corrected chi connectivity index (χ3v) is 4.45. The van der Waals surface area contributed by atoms with E-state index in [0.29, 0.717) is 11.9 Å². The van der Waals surface area contributed by atoms with Crippen LogP contribution in [0.5, 0.6) is 0 Å². The van der Waals surface area contributed by atoms with Crippen molar-refractivity contribution in [3.8, 4) is 5.82 Å². The molecule has 0 saturated carbocycles. The van der Waals surface area contributed by atoms with Gasteiger partial charge in [-0.3, -0.25) is 4.79 Å². The number of amides is 1. The van der Waals surface area contributed by atoms with E-state index in [-0.39, 0.29) is 33.9 Å². The number of carbonyl (C=O) groups excluding carboxylic acids is 1. The number of hydrogen-bond donors (Lipinski definition) is 1. The van der Waals surface area contributed by atoms with Crippen LogP contribution in [-0.2, 0) is 6.18 Å². The van der Waals surface area contributed by atoms with Crippen molar-refractivity contribution in [2.75, 3.05) is 5.32 Å². The largest absolute Gasteiger partial charge is 0.446 e. The number of nitrogens with one attached hydrogen (secondary N) is 1. The van der Waals surface area contributed by atoms with E-state index >= 15 is 0 Å². The van der Waals surface area contributed by atoms with Crippen molar-refractivity contribution in [1.82, 2.24) is 14.8 Å². The van der Waals surface area contributed by atoms with Crippen molar-refractivity contribution >= 4 is 23.5 Å². The maximum atomic E-state index is 12.7. The Morgan fingerprint density at radius 3 is 2.23 bits per heavy atom. The zero-order chi connectivity index (χ0) is 22.1. The predicted molar refractivity (Wildman–Crippen MR) is 97.4 cm³/mol. The van der Waals surface area contributed by atoms with E-state index in [1.54, 1.807) is 6.92 Å². The van der Waals surface area contributed by atoms with Gasteiger partial charge in [0.1, 0.15) is 5.82 Å². The number of carbonyl (C=O) groups is 1. The third-order valence-electron chi connectivity index (χ3n) is 3.72. The number of alkyl halides is 6. The van der Waals surface area contributed by atoms with Gasteiger partial charge in [0, 0.05) is 22.7 Å². The fraction of sp³-hybridized carbons (Fsp3) is 0.167. The third kappa shape index (κ3) is 5.32. The van der Waals surface area contributed by atoms with Crippen molar-refractivity contribution < 1.29 is 31.1 Å². The van der Waals surface area contributed by atoms with E-state index in [1.807, 2.05) is 0 Å². The lowest BCUT2D eigenvalue weighted by Gasteiger charge is -2.10. The first kappa shape index (κ1) is 21.7. The minimum absolute atomic E-state index is 0.0447. The summed E-state index contributed by atoms with van der Waals surface area (Å²) in [6.45, 7) is 1.61. The zero-order valence-electron chi connectivity index (χ0n) is 15.0.